The zero-order valence-corrected chi connectivity index (χ0v) is 17.4. The number of unbranched alkanes of at least 4 members (excludes halogenated alkanes) is 2. The first-order chi connectivity index (χ1) is 14.5. The molecule has 0 aliphatic rings. The van der Waals surface area contributed by atoms with Gasteiger partial charge in [0.15, 0.2) is 0 Å². The average Bonchev–Trinajstić information content (AvgIpc) is 3.22. The van der Waals surface area contributed by atoms with E-state index in [-0.39, 0.29) is 22.2 Å². The van der Waals surface area contributed by atoms with E-state index in [0.717, 1.165) is 42.6 Å². The molecule has 1 heterocycles. The minimum Gasteiger partial charge on any atom is -0.341 e. The topological polar surface area (TPSA) is 92.1 Å². The van der Waals surface area contributed by atoms with Crippen LogP contribution in [0.15, 0.2) is 54.6 Å². The molecule has 2 aromatic carbocycles. The Morgan fingerprint density at radius 2 is 1.90 bits per heavy atom. The number of hydrogen-bond acceptors (Lipinski definition) is 4. The zero-order valence-electron chi connectivity index (χ0n) is 16.7. The third kappa shape index (κ3) is 5.45. The molecule has 0 aliphatic heterocycles. The molecule has 156 valence electrons. The van der Waals surface area contributed by atoms with E-state index >= 15 is 0 Å². The lowest BCUT2D eigenvalue weighted by molar-refractivity contribution is -0.385. The number of aromatic nitrogens is 2. The van der Waals surface area contributed by atoms with Gasteiger partial charge in [-0.2, -0.15) is 5.10 Å². The number of amides is 1. The largest absolute Gasteiger partial charge is 0.341 e. The first kappa shape index (κ1) is 21.5. The summed E-state index contributed by atoms with van der Waals surface area (Å²) in [6.45, 7) is 0.525. The van der Waals surface area contributed by atoms with E-state index in [9.17, 15) is 14.9 Å². The first-order valence-corrected chi connectivity index (χ1v) is 10.1. The molecule has 0 bridgehead atoms. The van der Waals surface area contributed by atoms with Crippen LogP contribution in [0.2, 0.25) is 5.02 Å². The molecule has 1 aromatic heterocycles. The fourth-order valence-corrected chi connectivity index (χ4v) is 3.40. The molecule has 8 heteroatoms. The molecule has 0 unspecified atom stereocenters. The van der Waals surface area contributed by atoms with Gasteiger partial charge in [0.25, 0.3) is 11.6 Å². The van der Waals surface area contributed by atoms with Crippen LogP contribution in [-0.2, 0) is 6.42 Å². The van der Waals surface area contributed by atoms with Crippen molar-refractivity contribution in [2.75, 3.05) is 13.6 Å². The summed E-state index contributed by atoms with van der Waals surface area (Å²) in [6, 6.07) is 16.2. The van der Waals surface area contributed by atoms with E-state index in [1.54, 1.807) is 7.05 Å². The van der Waals surface area contributed by atoms with E-state index in [2.05, 4.69) is 16.3 Å². The minimum absolute atomic E-state index is 0.0535. The van der Waals surface area contributed by atoms with Gasteiger partial charge in [0, 0.05) is 35.9 Å². The number of H-pyrrole nitrogens is 1. The molecule has 0 fully saturated rings. The highest BCUT2D eigenvalue weighted by Crippen LogP contribution is 2.24. The molecular formula is C22H23ClN4O3. The Kier molecular flexibility index (Phi) is 7.19. The van der Waals surface area contributed by atoms with Gasteiger partial charge in [-0.25, -0.2) is 0 Å². The number of aromatic amines is 1. The van der Waals surface area contributed by atoms with Crippen LogP contribution in [0.5, 0.6) is 0 Å². The van der Waals surface area contributed by atoms with Crippen LogP contribution in [-0.4, -0.2) is 39.5 Å². The van der Waals surface area contributed by atoms with Crippen molar-refractivity contribution in [3.8, 4) is 11.3 Å². The van der Waals surface area contributed by atoms with Gasteiger partial charge in [0.2, 0.25) is 0 Å². The van der Waals surface area contributed by atoms with Crippen LogP contribution in [0.1, 0.15) is 35.3 Å². The number of nitrogens with zero attached hydrogens (tertiary/aromatic N) is 3. The van der Waals surface area contributed by atoms with E-state index in [1.807, 2.05) is 30.3 Å². The van der Waals surface area contributed by atoms with Gasteiger partial charge >= 0.3 is 0 Å². The molecule has 7 nitrogen and oxygen atoms in total. The van der Waals surface area contributed by atoms with Gasteiger partial charge in [0.1, 0.15) is 5.56 Å². The molecule has 0 radical (unpaired) electrons. The number of nitro groups is 1. The van der Waals surface area contributed by atoms with Gasteiger partial charge < -0.3 is 4.90 Å². The smallest absolute Gasteiger partial charge is 0.283 e. The van der Waals surface area contributed by atoms with Crippen LogP contribution < -0.4 is 0 Å². The normalized spacial score (nSPS) is 10.7. The molecule has 30 heavy (non-hydrogen) atoms. The van der Waals surface area contributed by atoms with Crippen molar-refractivity contribution in [3.05, 3.63) is 81.0 Å². The maximum Gasteiger partial charge on any atom is 0.283 e. The van der Waals surface area contributed by atoms with Crippen molar-refractivity contribution in [2.24, 2.45) is 0 Å². The van der Waals surface area contributed by atoms with E-state index in [1.165, 1.54) is 23.1 Å². The SMILES string of the molecule is CN(CCCCCc1cc(-c2ccccc2)n[nH]1)C(=O)c1ccc(Cl)cc1[N+](=O)[O-]. The third-order valence-electron chi connectivity index (χ3n) is 4.87. The van der Waals surface area contributed by atoms with Gasteiger partial charge in [-0.3, -0.25) is 20.0 Å². The minimum atomic E-state index is -0.582. The summed E-state index contributed by atoms with van der Waals surface area (Å²) in [5, 5.41) is 18.9. The maximum atomic E-state index is 12.6. The van der Waals surface area contributed by atoms with Crippen molar-refractivity contribution in [1.82, 2.24) is 15.1 Å². The summed E-state index contributed by atoms with van der Waals surface area (Å²) >= 11 is 5.81. The Morgan fingerprint density at radius 1 is 1.13 bits per heavy atom. The monoisotopic (exact) mass is 426 g/mol. The quantitative estimate of drug-likeness (QED) is 0.292. The fourth-order valence-electron chi connectivity index (χ4n) is 3.23. The highest BCUT2D eigenvalue weighted by Gasteiger charge is 2.23. The molecular weight excluding hydrogens is 404 g/mol. The Hall–Kier alpha value is -3.19. The molecule has 0 saturated heterocycles. The highest BCUT2D eigenvalue weighted by molar-refractivity contribution is 6.31. The van der Waals surface area contributed by atoms with Crippen LogP contribution in [0.25, 0.3) is 11.3 Å². The second kappa shape index (κ2) is 10.0. The van der Waals surface area contributed by atoms with Crippen molar-refractivity contribution >= 4 is 23.2 Å². The number of benzene rings is 2. The number of nitrogens with one attached hydrogen (secondary N) is 1. The zero-order chi connectivity index (χ0) is 21.5. The summed E-state index contributed by atoms with van der Waals surface area (Å²) < 4.78 is 0. The van der Waals surface area contributed by atoms with Crippen LogP contribution in [0, 0.1) is 10.1 Å². The van der Waals surface area contributed by atoms with Crippen LogP contribution >= 0.6 is 11.6 Å². The lowest BCUT2D eigenvalue weighted by Crippen LogP contribution is -2.28. The number of hydrogen-bond donors (Lipinski definition) is 1. The molecule has 3 aromatic rings. The Morgan fingerprint density at radius 3 is 2.63 bits per heavy atom. The van der Waals surface area contributed by atoms with Gasteiger partial charge in [-0.1, -0.05) is 48.4 Å². The standard InChI is InChI=1S/C22H23ClN4O3/c1-26(22(28)19-12-11-17(23)14-21(19)27(29)30)13-7-3-6-10-18-15-20(25-24-18)16-8-4-2-5-9-16/h2,4-5,8-9,11-12,14-15H,3,6-7,10,13H2,1H3,(H,24,25). The third-order valence-corrected chi connectivity index (χ3v) is 5.11. The van der Waals surface area contributed by atoms with Gasteiger partial charge in [-0.05, 0) is 37.5 Å². The predicted octanol–water partition coefficient (Wildman–Crippen LogP) is 5.12. The predicted molar refractivity (Wildman–Crippen MR) is 117 cm³/mol. The summed E-state index contributed by atoms with van der Waals surface area (Å²) in [4.78, 5) is 24.7. The van der Waals surface area contributed by atoms with Crippen molar-refractivity contribution in [2.45, 2.75) is 25.7 Å². The Labute approximate surface area is 179 Å². The number of carbonyl (C=O) groups excluding carboxylic acids is 1. The number of aryl methyl sites for hydroxylation is 1. The first-order valence-electron chi connectivity index (χ1n) is 9.75. The van der Waals surface area contributed by atoms with Crippen LogP contribution in [0.4, 0.5) is 5.69 Å². The Balaban J connectivity index is 1.45. The number of rotatable bonds is 9. The molecule has 1 amide bonds. The fraction of sp³-hybridized carbons (Fsp3) is 0.273. The molecule has 0 spiro atoms. The molecule has 3 rings (SSSR count). The van der Waals surface area contributed by atoms with Gasteiger partial charge in [-0.15, -0.1) is 0 Å². The summed E-state index contributed by atoms with van der Waals surface area (Å²) in [7, 11) is 1.65. The van der Waals surface area contributed by atoms with Crippen molar-refractivity contribution in [1.29, 1.82) is 0 Å². The lowest BCUT2D eigenvalue weighted by atomic mass is 10.1. The lowest BCUT2D eigenvalue weighted by Gasteiger charge is -2.17. The Bertz CT molecular complexity index is 1020. The number of halogens is 1. The van der Waals surface area contributed by atoms with Crippen molar-refractivity contribution in [3.63, 3.8) is 0 Å². The summed E-state index contributed by atoms with van der Waals surface area (Å²) in [6.07, 6.45) is 3.57. The van der Waals surface area contributed by atoms with Gasteiger partial charge in [0.05, 0.1) is 10.6 Å². The van der Waals surface area contributed by atoms with Crippen molar-refractivity contribution < 1.29 is 9.72 Å². The summed E-state index contributed by atoms with van der Waals surface area (Å²) in [5.41, 5.74) is 2.87. The maximum absolute atomic E-state index is 12.6. The van der Waals surface area contributed by atoms with E-state index in [0.29, 0.717) is 6.54 Å². The second-order valence-electron chi connectivity index (χ2n) is 7.10. The highest BCUT2D eigenvalue weighted by atomic mass is 35.5. The van der Waals surface area contributed by atoms with E-state index < -0.39 is 4.92 Å². The molecule has 0 saturated carbocycles. The average molecular weight is 427 g/mol. The second-order valence-corrected chi connectivity index (χ2v) is 7.54. The summed E-state index contributed by atoms with van der Waals surface area (Å²) in [5.74, 6) is -0.376. The number of nitro benzene ring substituents is 1. The van der Waals surface area contributed by atoms with Crippen LogP contribution in [0.3, 0.4) is 0 Å². The van der Waals surface area contributed by atoms with E-state index in [4.69, 9.17) is 11.6 Å². The molecule has 1 N–H and O–H groups in total. The molecule has 0 aliphatic carbocycles. The molecule has 0 atom stereocenters. The number of carbonyl (C=O) groups is 1.